The second-order valence-electron chi connectivity index (χ2n) is 6.67. The summed E-state index contributed by atoms with van der Waals surface area (Å²) in [6.07, 6.45) is 1.16. The zero-order chi connectivity index (χ0) is 18.2. The first kappa shape index (κ1) is 18.4. The average molecular weight is 355 g/mol. The van der Waals surface area contributed by atoms with Gasteiger partial charge in [-0.2, -0.15) is 0 Å². The minimum absolute atomic E-state index is 0.0514. The molecule has 0 atom stereocenters. The molecule has 1 aliphatic rings. The van der Waals surface area contributed by atoms with Crippen molar-refractivity contribution in [2.45, 2.75) is 12.8 Å². The number of halogens is 1. The molecule has 0 aliphatic carbocycles. The summed E-state index contributed by atoms with van der Waals surface area (Å²) in [5, 5.41) is 2.93. The van der Waals surface area contributed by atoms with Crippen LogP contribution in [0.1, 0.15) is 12.0 Å². The van der Waals surface area contributed by atoms with Gasteiger partial charge in [-0.3, -0.25) is 9.69 Å². The Hall–Kier alpha value is -2.40. The van der Waals surface area contributed by atoms with Crippen molar-refractivity contribution >= 4 is 11.6 Å². The van der Waals surface area contributed by atoms with Crippen molar-refractivity contribution in [3.8, 4) is 0 Å². The highest BCUT2D eigenvalue weighted by molar-refractivity contribution is 5.78. The maximum atomic E-state index is 13.1. The van der Waals surface area contributed by atoms with Gasteiger partial charge in [0.1, 0.15) is 5.82 Å². The van der Waals surface area contributed by atoms with Crippen molar-refractivity contribution in [1.29, 1.82) is 0 Å². The highest BCUT2D eigenvalue weighted by atomic mass is 19.1. The molecular weight excluding hydrogens is 329 g/mol. The Morgan fingerprint density at radius 1 is 1.00 bits per heavy atom. The van der Waals surface area contributed by atoms with Gasteiger partial charge in [0.25, 0.3) is 0 Å². The molecule has 1 fully saturated rings. The zero-order valence-corrected chi connectivity index (χ0v) is 15.0. The molecule has 26 heavy (non-hydrogen) atoms. The molecule has 2 aromatic rings. The largest absolute Gasteiger partial charge is 0.369 e. The van der Waals surface area contributed by atoms with Crippen molar-refractivity contribution in [2.24, 2.45) is 0 Å². The van der Waals surface area contributed by atoms with Crippen LogP contribution in [0.5, 0.6) is 0 Å². The number of nitrogens with zero attached hydrogens (tertiary/aromatic N) is 2. The molecule has 0 bridgehead atoms. The van der Waals surface area contributed by atoms with E-state index in [1.807, 2.05) is 6.07 Å². The fourth-order valence-corrected chi connectivity index (χ4v) is 3.29. The number of piperazine rings is 1. The molecule has 1 aliphatic heterocycles. The molecule has 2 aromatic carbocycles. The molecule has 0 radical (unpaired) electrons. The number of hydrogen-bond acceptors (Lipinski definition) is 3. The van der Waals surface area contributed by atoms with E-state index in [-0.39, 0.29) is 18.1 Å². The lowest BCUT2D eigenvalue weighted by molar-refractivity contribution is -0.120. The predicted molar refractivity (Wildman–Crippen MR) is 103 cm³/mol. The van der Waals surface area contributed by atoms with Crippen LogP contribution in [0.2, 0.25) is 0 Å². The van der Waals surface area contributed by atoms with E-state index in [1.54, 1.807) is 12.1 Å². The van der Waals surface area contributed by atoms with E-state index in [2.05, 4.69) is 39.4 Å². The molecule has 0 unspecified atom stereocenters. The van der Waals surface area contributed by atoms with Crippen molar-refractivity contribution in [3.05, 3.63) is 66.0 Å². The maximum absolute atomic E-state index is 13.1. The molecule has 4 nitrogen and oxygen atoms in total. The number of para-hydroxylation sites is 1. The van der Waals surface area contributed by atoms with Gasteiger partial charge in [-0.25, -0.2) is 4.39 Å². The highest BCUT2D eigenvalue weighted by Crippen LogP contribution is 2.15. The first-order valence-electron chi connectivity index (χ1n) is 9.24. The van der Waals surface area contributed by atoms with Crippen LogP contribution in [0.3, 0.4) is 0 Å². The van der Waals surface area contributed by atoms with Crippen molar-refractivity contribution in [1.82, 2.24) is 10.2 Å². The normalized spacial score (nSPS) is 15.0. The Kier molecular flexibility index (Phi) is 6.61. The number of hydrogen-bond donors (Lipinski definition) is 1. The van der Waals surface area contributed by atoms with Gasteiger partial charge in [0.05, 0.1) is 6.42 Å². The van der Waals surface area contributed by atoms with Crippen LogP contribution in [-0.4, -0.2) is 50.1 Å². The monoisotopic (exact) mass is 355 g/mol. The first-order chi connectivity index (χ1) is 12.7. The summed E-state index contributed by atoms with van der Waals surface area (Å²) in [5.74, 6) is -0.352. The van der Waals surface area contributed by atoms with Crippen LogP contribution in [0.15, 0.2) is 54.6 Å². The van der Waals surface area contributed by atoms with Gasteiger partial charge in [0.15, 0.2) is 0 Å². The molecule has 0 saturated carbocycles. The molecule has 0 spiro atoms. The maximum Gasteiger partial charge on any atom is 0.224 e. The van der Waals surface area contributed by atoms with E-state index in [0.29, 0.717) is 12.1 Å². The van der Waals surface area contributed by atoms with Crippen LogP contribution < -0.4 is 10.2 Å². The summed E-state index contributed by atoms with van der Waals surface area (Å²) in [6.45, 7) is 5.82. The fourth-order valence-electron chi connectivity index (χ4n) is 3.29. The molecule has 3 rings (SSSR count). The molecule has 1 saturated heterocycles. The Bertz CT molecular complexity index is 699. The first-order valence-corrected chi connectivity index (χ1v) is 9.24. The lowest BCUT2D eigenvalue weighted by Gasteiger charge is -2.36. The summed E-state index contributed by atoms with van der Waals surface area (Å²) in [7, 11) is 0. The minimum Gasteiger partial charge on any atom is -0.369 e. The van der Waals surface area contributed by atoms with Crippen LogP contribution in [-0.2, 0) is 11.2 Å². The predicted octanol–water partition coefficient (Wildman–Crippen LogP) is 2.70. The molecule has 0 aromatic heterocycles. The third-order valence-electron chi connectivity index (χ3n) is 4.72. The number of nitrogens with one attached hydrogen (secondary N) is 1. The number of carbonyl (C=O) groups excluding carboxylic acids is 1. The SMILES string of the molecule is O=C(Cc1cccc(F)c1)NCCCN1CCN(c2ccccc2)CC1. The molecule has 138 valence electrons. The van der Waals surface area contributed by atoms with Gasteiger partial charge < -0.3 is 10.2 Å². The van der Waals surface area contributed by atoms with Crippen LogP contribution in [0.4, 0.5) is 10.1 Å². The Morgan fingerprint density at radius 3 is 2.50 bits per heavy atom. The van der Waals surface area contributed by atoms with E-state index in [4.69, 9.17) is 0 Å². The summed E-state index contributed by atoms with van der Waals surface area (Å²) >= 11 is 0. The van der Waals surface area contributed by atoms with Gasteiger partial charge in [0.2, 0.25) is 5.91 Å². The van der Waals surface area contributed by atoms with Crippen LogP contribution in [0, 0.1) is 5.82 Å². The number of amides is 1. The van der Waals surface area contributed by atoms with Crippen molar-refractivity contribution in [2.75, 3.05) is 44.2 Å². The topological polar surface area (TPSA) is 35.6 Å². The lowest BCUT2D eigenvalue weighted by atomic mass is 10.1. The fraction of sp³-hybridized carbons (Fsp3) is 0.381. The van der Waals surface area contributed by atoms with Crippen LogP contribution in [0.25, 0.3) is 0 Å². The van der Waals surface area contributed by atoms with Gasteiger partial charge in [0, 0.05) is 38.4 Å². The third kappa shape index (κ3) is 5.56. The molecule has 1 amide bonds. The Morgan fingerprint density at radius 2 is 1.77 bits per heavy atom. The number of rotatable bonds is 7. The lowest BCUT2D eigenvalue weighted by Crippen LogP contribution is -2.47. The quantitative estimate of drug-likeness (QED) is 0.776. The summed E-state index contributed by atoms with van der Waals surface area (Å²) in [5.41, 5.74) is 2.00. The Balaban J connectivity index is 1.30. The number of anilines is 1. The van der Waals surface area contributed by atoms with Crippen molar-refractivity contribution in [3.63, 3.8) is 0 Å². The van der Waals surface area contributed by atoms with Crippen LogP contribution >= 0.6 is 0 Å². The van der Waals surface area contributed by atoms with Gasteiger partial charge >= 0.3 is 0 Å². The second kappa shape index (κ2) is 9.34. The molecule has 1 heterocycles. The second-order valence-corrected chi connectivity index (χ2v) is 6.67. The van der Waals surface area contributed by atoms with E-state index in [9.17, 15) is 9.18 Å². The van der Waals surface area contributed by atoms with Gasteiger partial charge in [-0.1, -0.05) is 30.3 Å². The van der Waals surface area contributed by atoms with E-state index in [0.717, 1.165) is 39.1 Å². The highest BCUT2D eigenvalue weighted by Gasteiger charge is 2.16. The van der Waals surface area contributed by atoms with Gasteiger partial charge in [-0.05, 0) is 42.8 Å². The summed E-state index contributed by atoms with van der Waals surface area (Å²) < 4.78 is 13.1. The van der Waals surface area contributed by atoms with E-state index < -0.39 is 0 Å². The third-order valence-corrected chi connectivity index (χ3v) is 4.72. The molecule has 5 heteroatoms. The number of benzene rings is 2. The summed E-state index contributed by atoms with van der Waals surface area (Å²) in [4.78, 5) is 16.8. The molecular formula is C21H26FN3O. The zero-order valence-electron chi connectivity index (χ0n) is 15.0. The van der Waals surface area contributed by atoms with E-state index >= 15 is 0 Å². The molecule has 1 N–H and O–H groups in total. The Labute approximate surface area is 154 Å². The minimum atomic E-state index is -0.301. The summed E-state index contributed by atoms with van der Waals surface area (Å²) in [6, 6.07) is 16.7. The van der Waals surface area contributed by atoms with E-state index in [1.165, 1.54) is 17.8 Å². The smallest absolute Gasteiger partial charge is 0.224 e. The van der Waals surface area contributed by atoms with Crippen molar-refractivity contribution < 1.29 is 9.18 Å². The average Bonchev–Trinajstić information content (AvgIpc) is 2.66. The van der Waals surface area contributed by atoms with Gasteiger partial charge in [-0.15, -0.1) is 0 Å². The number of carbonyl (C=O) groups is 1. The standard InChI is InChI=1S/C21H26FN3O/c22-19-7-4-6-18(16-19)17-21(26)23-10-5-11-24-12-14-25(15-13-24)20-8-2-1-3-9-20/h1-4,6-9,16H,5,10-15,17H2,(H,23,26).